The molecule has 0 aliphatic heterocycles. The second kappa shape index (κ2) is 9.29. The number of nitrogens with one attached hydrogen (secondary N) is 1. The second-order valence-corrected chi connectivity index (χ2v) is 7.60. The van der Waals surface area contributed by atoms with Crippen molar-refractivity contribution in [1.29, 1.82) is 0 Å². The summed E-state index contributed by atoms with van der Waals surface area (Å²) < 4.78 is 11.8. The summed E-state index contributed by atoms with van der Waals surface area (Å²) in [5.74, 6) is 1.41. The quantitative estimate of drug-likeness (QED) is 0.591. The maximum atomic E-state index is 6.50. The van der Waals surface area contributed by atoms with E-state index >= 15 is 0 Å². The van der Waals surface area contributed by atoms with Crippen LogP contribution < -0.4 is 14.8 Å². The molecule has 0 fully saturated rings. The standard InChI is InChI=1S/C22H30ClNO2/c1-6-22(4,5)24-14-18-12-20(25-7-2)21(13-19(18)23)26-15-17-10-8-9-16(3)11-17/h8-13,24H,6-7,14-15H2,1-5H3. The van der Waals surface area contributed by atoms with Crippen LogP contribution in [0.15, 0.2) is 36.4 Å². The smallest absolute Gasteiger partial charge is 0.163 e. The molecule has 0 spiro atoms. The number of benzene rings is 2. The maximum Gasteiger partial charge on any atom is 0.163 e. The van der Waals surface area contributed by atoms with Crippen LogP contribution in [0.4, 0.5) is 0 Å². The Hall–Kier alpha value is -1.71. The number of hydrogen-bond acceptors (Lipinski definition) is 3. The summed E-state index contributed by atoms with van der Waals surface area (Å²) in [6.07, 6.45) is 1.04. The molecule has 0 saturated heterocycles. The molecule has 26 heavy (non-hydrogen) atoms. The second-order valence-electron chi connectivity index (χ2n) is 7.19. The van der Waals surface area contributed by atoms with E-state index in [0.717, 1.165) is 23.3 Å². The average molecular weight is 376 g/mol. The first-order valence-electron chi connectivity index (χ1n) is 9.23. The van der Waals surface area contributed by atoms with Crippen molar-refractivity contribution in [2.75, 3.05) is 6.61 Å². The third kappa shape index (κ3) is 5.93. The van der Waals surface area contributed by atoms with Crippen molar-refractivity contribution in [2.45, 2.75) is 59.7 Å². The van der Waals surface area contributed by atoms with E-state index < -0.39 is 0 Å². The Labute approximate surface area is 162 Å². The molecule has 0 heterocycles. The van der Waals surface area contributed by atoms with Gasteiger partial charge in [0.05, 0.1) is 6.61 Å². The van der Waals surface area contributed by atoms with Crippen LogP contribution in [0.3, 0.4) is 0 Å². The molecule has 0 saturated carbocycles. The van der Waals surface area contributed by atoms with Gasteiger partial charge in [-0.15, -0.1) is 0 Å². The molecule has 0 atom stereocenters. The maximum absolute atomic E-state index is 6.50. The zero-order chi connectivity index (χ0) is 19.2. The lowest BCUT2D eigenvalue weighted by molar-refractivity contribution is 0.269. The minimum Gasteiger partial charge on any atom is -0.490 e. The molecule has 0 radical (unpaired) electrons. The van der Waals surface area contributed by atoms with Gasteiger partial charge in [-0.1, -0.05) is 48.4 Å². The highest BCUT2D eigenvalue weighted by molar-refractivity contribution is 6.31. The molecule has 4 heteroatoms. The zero-order valence-electron chi connectivity index (χ0n) is 16.5. The lowest BCUT2D eigenvalue weighted by Crippen LogP contribution is -2.37. The van der Waals surface area contributed by atoms with Crippen molar-refractivity contribution < 1.29 is 9.47 Å². The van der Waals surface area contributed by atoms with E-state index in [4.69, 9.17) is 21.1 Å². The van der Waals surface area contributed by atoms with Gasteiger partial charge in [0.25, 0.3) is 0 Å². The Morgan fingerprint density at radius 1 is 1.04 bits per heavy atom. The average Bonchev–Trinajstić information content (AvgIpc) is 2.61. The van der Waals surface area contributed by atoms with Gasteiger partial charge in [0, 0.05) is 23.2 Å². The van der Waals surface area contributed by atoms with E-state index in [0.29, 0.717) is 30.5 Å². The summed E-state index contributed by atoms with van der Waals surface area (Å²) in [7, 11) is 0. The van der Waals surface area contributed by atoms with E-state index in [1.807, 2.05) is 25.1 Å². The van der Waals surface area contributed by atoms with Crippen LogP contribution in [0.25, 0.3) is 0 Å². The van der Waals surface area contributed by atoms with Crippen molar-refractivity contribution in [3.05, 3.63) is 58.1 Å². The van der Waals surface area contributed by atoms with Crippen LogP contribution in [0.1, 0.15) is 50.8 Å². The van der Waals surface area contributed by atoms with Crippen LogP contribution >= 0.6 is 11.6 Å². The van der Waals surface area contributed by atoms with Gasteiger partial charge in [0.15, 0.2) is 11.5 Å². The van der Waals surface area contributed by atoms with Gasteiger partial charge < -0.3 is 14.8 Å². The van der Waals surface area contributed by atoms with Gasteiger partial charge in [-0.25, -0.2) is 0 Å². The van der Waals surface area contributed by atoms with Gasteiger partial charge in [-0.2, -0.15) is 0 Å². The first kappa shape index (κ1) is 20.6. The summed E-state index contributed by atoms with van der Waals surface area (Å²) in [6.45, 7) is 12.3. The number of aryl methyl sites for hydroxylation is 1. The summed E-state index contributed by atoms with van der Waals surface area (Å²) in [6, 6.07) is 12.1. The largest absolute Gasteiger partial charge is 0.490 e. The molecule has 0 aliphatic rings. The van der Waals surface area contributed by atoms with Gasteiger partial charge in [-0.3, -0.25) is 0 Å². The minimum absolute atomic E-state index is 0.0649. The number of hydrogen-bond donors (Lipinski definition) is 1. The molecule has 3 nitrogen and oxygen atoms in total. The van der Waals surface area contributed by atoms with Crippen molar-refractivity contribution >= 4 is 11.6 Å². The fourth-order valence-electron chi connectivity index (χ4n) is 2.52. The lowest BCUT2D eigenvalue weighted by atomic mass is 10.0. The molecule has 0 amide bonds. The monoisotopic (exact) mass is 375 g/mol. The topological polar surface area (TPSA) is 30.5 Å². The normalized spacial score (nSPS) is 11.5. The molecule has 1 N–H and O–H groups in total. The molecular weight excluding hydrogens is 346 g/mol. The molecule has 0 bridgehead atoms. The van der Waals surface area contributed by atoms with Crippen LogP contribution in [-0.2, 0) is 13.2 Å². The Kier molecular flexibility index (Phi) is 7.36. The molecule has 0 unspecified atom stereocenters. The third-order valence-corrected chi connectivity index (χ3v) is 4.88. The molecule has 0 aromatic heterocycles. The number of ether oxygens (including phenoxy) is 2. The molecule has 2 aromatic rings. The van der Waals surface area contributed by atoms with Gasteiger partial charge >= 0.3 is 0 Å². The fraction of sp³-hybridized carbons (Fsp3) is 0.455. The van der Waals surface area contributed by atoms with Crippen LogP contribution in [0.2, 0.25) is 5.02 Å². The fourth-order valence-corrected chi connectivity index (χ4v) is 2.74. The Bertz CT molecular complexity index is 728. The number of halogens is 1. The first-order valence-corrected chi connectivity index (χ1v) is 9.61. The summed E-state index contributed by atoms with van der Waals surface area (Å²) in [5.41, 5.74) is 3.42. The molecular formula is C22H30ClNO2. The van der Waals surface area contributed by atoms with E-state index in [2.05, 4.69) is 51.2 Å². The molecule has 2 aromatic carbocycles. The highest BCUT2D eigenvalue weighted by Crippen LogP contribution is 2.34. The van der Waals surface area contributed by atoms with Crippen LogP contribution in [0.5, 0.6) is 11.5 Å². The van der Waals surface area contributed by atoms with Crippen molar-refractivity contribution in [3.8, 4) is 11.5 Å². The first-order chi connectivity index (χ1) is 12.3. The van der Waals surface area contributed by atoms with Gasteiger partial charge in [0.1, 0.15) is 6.61 Å². The van der Waals surface area contributed by atoms with Gasteiger partial charge in [-0.05, 0) is 51.3 Å². The van der Waals surface area contributed by atoms with Crippen molar-refractivity contribution in [2.24, 2.45) is 0 Å². The summed E-state index contributed by atoms with van der Waals surface area (Å²) in [4.78, 5) is 0. The van der Waals surface area contributed by atoms with Gasteiger partial charge in [0.2, 0.25) is 0 Å². The highest BCUT2D eigenvalue weighted by atomic mass is 35.5. The van der Waals surface area contributed by atoms with E-state index in [-0.39, 0.29) is 5.54 Å². The molecule has 142 valence electrons. The molecule has 0 aliphatic carbocycles. The summed E-state index contributed by atoms with van der Waals surface area (Å²) >= 11 is 6.50. The van der Waals surface area contributed by atoms with E-state index in [1.165, 1.54) is 5.56 Å². The van der Waals surface area contributed by atoms with E-state index in [1.54, 1.807) is 0 Å². The Balaban J connectivity index is 2.16. The lowest BCUT2D eigenvalue weighted by Gasteiger charge is -2.25. The van der Waals surface area contributed by atoms with Crippen LogP contribution in [0, 0.1) is 6.92 Å². The van der Waals surface area contributed by atoms with Crippen LogP contribution in [-0.4, -0.2) is 12.1 Å². The van der Waals surface area contributed by atoms with Crippen molar-refractivity contribution in [3.63, 3.8) is 0 Å². The predicted molar refractivity (Wildman–Crippen MR) is 109 cm³/mol. The SMILES string of the molecule is CCOc1cc(CNC(C)(C)CC)c(Cl)cc1OCc1cccc(C)c1. The summed E-state index contributed by atoms with van der Waals surface area (Å²) in [5, 5.41) is 4.22. The number of rotatable bonds is 9. The van der Waals surface area contributed by atoms with E-state index in [9.17, 15) is 0 Å². The predicted octanol–water partition coefficient (Wildman–Crippen LogP) is 5.90. The zero-order valence-corrected chi connectivity index (χ0v) is 17.2. The third-order valence-electron chi connectivity index (χ3n) is 4.53. The van der Waals surface area contributed by atoms with Crippen molar-refractivity contribution in [1.82, 2.24) is 5.32 Å². The minimum atomic E-state index is 0.0649. The molecule has 2 rings (SSSR count). The Morgan fingerprint density at radius 2 is 1.77 bits per heavy atom. The highest BCUT2D eigenvalue weighted by Gasteiger charge is 2.16. The Morgan fingerprint density at radius 3 is 2.42 bits per heavy atom.